The molecule has 0 saturated carbocycles. The number of hydrogen-bond acceptors (Lipinski definition) is 8. The second-order valence-corrected chi connectivity index (χ2v) is 8.71. The molecule has 0 aromatic rings. The smallest absolute Gasteiger partial charge is 0.408 e. The van der Waals surface area contributed by atoms with Gasteiger partial charge < -0.3 is 9.05 Å². The number of phosphoric acid groups is 2. The van der Waals surface area contributed by atoms with Gasteiger partial charge in [0, 0.05) is 5.41 Å². The summed E-state index contributed by atoms with van der Waals surface area (Å²) in [6.45, 7) is 12.7. The highest BCUT2D eigenvalue weighted by Gasteiger charge is 2.34. The number of hydrogen-bond donors (Lipinski definition) is 0. The maximum atomic E-state index is 12.6. The van der Waals surface area contributed by atoms with Gasteiger partial charge in [0.2, 0.25) is 0 Å². The Morgan fingerprint density at radius 1 is 0.792 bits per heavy atom. The van der Waals surface area contributed by atoms with Crippen LogP contribution in [0, 0.1) is 5.41 Å². The molecule has 0 aliphatic carbocycles. The standard InChI is InChI=1S/C14H30O8P2/c1-8-17-23(15,18-9-2)21-12-13(14(5,6)7)22-24(16,19-10-3)20-11-4/h12H,8-11H2,1-7H3/b13-12-. The van der Waals surface area contributed by atoms with Crippen molar-refractivity contribution < 1.29 is 36.3 Å². The van der Waals surface area contributed by atoms with E-state index in [0.717, 1.165) is 6.26 Å². The molecule has 0 aromatic heterocycles. The van der Waals surface area contributed by atoms with E-state index in [1.165, 1.54) is 0 Å². The van der Waals surface area contributed by atoms with Crippen molar-refractivity contribution in [3.8, 4) is 0 Å². The van der Waals surface area contributed by atoms with Crippen molar-refractivity contribution in [1.82, 2.24) is 0 Å². The molecule has 0 saturated heterocycles. The van der Waals surface area contributed by atoms with Crippen LogP contribution >= 0.6 is 15.6 Å². The van der Waals surface area contributed by atoms with Gasteiger partial charge >= 0.3 is 15.6 Å². The predicted molar refractivity (Wildman–Crippen MR) is 91.4 cm³/mol. The lowest BCUT2D eigenvalue weighted by atomic mass is 9.95. The van der Waals surface area contributed by atoms with Gasteiger partial charge in [0.1, 0.15) is 12.0 Å². The van der Waals surface area contributed by atoms with Crippen LogP contribution in [0.1, 0.15) is 48.5 Å². The van der Waals surface area contributed by atoms with E-state index in [1.54, 1.807) is 48.5 Å². The van der Waals surface area contributed by atoms with Crippen LogP contribution in [0.4, 0.5) is 0 Å². The summed E-state index contributed by atoms with van der Waals surface area (Å²) in [5.41, 5.74) is -0.618. The largest absolute Gasteiger partial charge is 0.529 e. The SMILES string of the molecule is CCOP(=O)(O/C=C(\OP(=O)(OCC)OCC)C(C)(C)C)OCC. The lowest BCUT2D eigenvalue weighted by Crippen LogP contribution is -2.14. The van der Waals surface area contributed by atoms with Gasteiger partial charge in [-0.25, -0.2) is 9.13 Å². The topological polar surface area (TPSA) is 89.5 Å². The maximum Gasteiger partial charge on any atom is 0.529 e. The van der Waals surface area contributed by atoms with Gasteiger partial charge in [-0.05, 0) is 27.7 Å². The monoisotopic (exact) mass is 388 g/mol. The molecule has 0 rings (SSSR count). The molecule has 0 spiro atoms. The molecule has 0 unspecified atom stereocenters. The fourth-order valence-electron chi connectivity index (χ4n) is 1.39. The third kappa shape index (κ3) is 8.65. The average Bonchev–Trinajstić information content (AvgIpc) is 2.43. The Bertz CT molecular complexity index is 464. The Labute approximate surface area is 145 Å². The van der Waals surface area contributed by atoms with Crippen LogP contribution in [-0.4, -0.2) is 26.4 Å². The minimum absolute atomic E-state index is 0.132. The molecule has 0 heterocycles. The minimum atomic E-state index is -3.80. The van der Waals surface area contributed by atoms with Crippen molar-refractivity contribution in [3.05, 3.63) is 12.0 Å². The highest BCUT2D eigenvalue weighted by Crippen LogP contribution is 2.55. The summed E-state index contributed by atoms with van der Waals surface area (Å²) in [6, 6.07) is 0. The van der Waals surface area contributed by atoms with Crippen molar-refractivity contribution in [3.63, 3.8) is 0 Å². The van der Waals surface area contributed by atoms with E-state index in [9.17, 15) is 9.13 Å². The Morgan fingerprint density at radius 3 is 1.50 bits per heavy atom. The number of phosphoric ester groups is 2. The van der Waals surface area contributed by atoms with Crippen LogP contribution in [0.3, 0.4) is 0 Å². The second kappa shape index (κ2) is 10.6. The predicted octanol–water partition coefficient (Wildman–Crippen LogP) is 5.27. The van der Waals surface area contributed by atoms with Crippen molar-refractivity contribution in [2.24, 2.45) is 5.41 Å². The summed E-state index contributed by atoms with van der Waals surface area (Å²) in [4.78, 5) is 0. The van der Waals surface area contributed by atoms with Crippen molar-refractivity contribution >= 4 is 15.6 Å². The summed E-state index contributed by atoms with van der Waals surface area (Å²) in [7, 11) is -7.57. The van der Waals surface area contributed by atoms with Crippen LogP contribution in [-0.2, 0) is 36.3 Å². The van der Waals surface area contributed by atoms with E-state index >= 15 is 0 Å². The fourth-order valence-corrected chi connectivity index (χ4v) is 3.81. The van der Waals surface area contributed by atoms with Crippen molar-refractivity contribution in [2.75, 3.05) is 26.4 Å². The molecular formula is C14H30O8P2. The van der Waals surface area contributed by atoms with Gasteiger partial charge in [-0.15, -0.1) is 0 Å². The van der Waals surface area contributed by atoms with Crippen LogP contribution < -0.4 is 0 Å². The van der Waals surface area contributed by atoms with Crippen LogP contribution in [0.5, 0.6) is 0 Å². The second-order valence-electron chi connectivity index (χ2n) is 5.49. The van der Waals surface area contributed by atoms with Crippen LogP contribution in [0.15, 0.2) is 12.0 Å². The third-order valence-electron chi connectivity index (χ3n) is 2.39. The average molecular weight is 388 g/mol. The molecule has 0 fully saturated rings. The lowest BCUT2D eigenvalue weighted by molar-refractivity contribution is 0.118. The lowest BCUT2D eigenvalue weighted by Gasteiger charge is -2.26. The van der Waals surface area contributed by atoms with E-state index in [-0.39, 0.29) is 32.2 Å². The van der Waals surface area contributed by atoms with E-state index in [4.69, 9.17) is 27.1 Å². The maximum absolute atomic E-state index is 12.6. The molecule has 24 heavy (non-hydrogen) atoms. The molecule has 0 N–H and O–H groups in total. The summed E-state index contributed by atoms with van der Waals surface area (Å²) < 4.78 is 55.8. The molecule has 0 radical (unpaired) electrons. The first-order valence-corrected chi connectivity index (χ1v) is 10.8. The van der Waals surface area contributed by atoms with Gasteiger partial charge in [-0.2, -0.15) is 0 Å². The molecule has 0 aliphatic heterocycles. The fraction of sp³-hybridized carbons (Fsp3) is 0.857. The number of rotatable bonds is 12. The van der Waals surface area contributed by atoms with Crippen LogP contribution in [0.2, 0.25) is 0 Å². The first kappa shape index (κ1) is 23.6. The minimum Gasteiger partial charge on any atom is -0.408 e. The summed E-state index contributed by atoms with van der Waals surface area (Å²) in [6.07, 6.45) is 1.08. The molecule has 144 valence electrons. The highest BCUT2D eigenvalue weighted by atomic mass is 31.2. The van der Waals surface area contributed by atoms with E-state index in [2.05, 4.69) is 0 Å². The Hall–Kier alpha value is -0.360. The first-order valence-electron chi connectivity index (χ1n) is 7.92. The molecule has 0 aromatic carbocycles. The zero-order chi connectivity index (χ0) is 18.9. The van der Waals surface area contributed by atoms with Crippen molar-refractivity contribution in [2.45, 2.75) is 48.5 Å². The van der Waals surface area contributed by atoms with E-state index < -0.39 is 21.1 Å². The molecule has 0 atom stereocenters. The summed E-state index contributed by atoms with van der Waals surface area (Å²) in [5, 5.41) is 0. The summed E-state index contributed by atoms with van der Waals surface area (Å²) >= 11 is 0. The van der Waals surface area contributed by atoms with Gasteiger partial charge in [0.15, 0.2) is 0 Å². The third-order valence-corrected chi connectivity index (χ3v) is 5.47. The quantitative estimate of drug-likeness (QED) is 0.330. The normalized spacial score (nSPS) is 13.9. The zero-order valence-electron chi connectivity index (χ0n) is 15.6. The zero-order valence-corrected chi connectivity index (χ0v) is 17.4. The molecule has 0 aliphatic rings. The molecule has 10 heteroatoms. The van der Waals surface area contributed by atoms with Gasteiger partial charge in [0.05, 0.1) is 26.4 Å². The van der Waals surface area contributed by atoms with E-state index in [1.807, 2.05) is 0 Å². The van der Waals surface area contributed by atoms with Gasteiger partial charge in [-0.1, -0.05) is 20.8 Å². The molecule has 0 bridgehead atoms. The summed E-state index contributed by atoms with van der Waals surface area (Å²) in [5.74, 6) is 0.132. The first-order chi connectivity index (χ1) is 11.1. The number of allylic oxidation sites excluding steroid dienone is 1. The van der Waals surface area contributed by atoms with Gasteiger partial charge in [0.25, 0.3) is 0 Å². The van der Waals surface area contributed by atoms with Crippen molar-refractivity contribution in [1.29, 1.82) is 0 Å². The van der Waals surface area contributed by atoms with Crippen LogP contribution in [0.25, 0.3) is 0 Å². The van der Waals surface area contributed by atoms with E-state index in [0.29, 0.717) is 0 Å². The highest BCUT2D eigenvalue weighted by molar-refractivity contribution is 7.49. The molecule has 8 nitrogen and oxygen atoms in total. The Morgan fingerprint density at radius 2 is 1.17 bits per heavy atom. The molecule has 0 amide bonds. The Kier molecular flexibility index (Phi) is 10.4. The molecular weight excluding hydrogens is 358 g/mol. The van der Waals surface area contributed by atoms with Gasteiger partial charge in [-0.3, -0.25) is 18.1 Å². The Balaban J connectivity index is 5.47.